The maximum absolute atomic E-state index is 12.8. The van der Waals surface area contributed by atoms with Crippen LogP contribution in [0.1, 0.15) is 64.7 Å². The Labute approximate surface area is 155 Å². The highest BCUT2D eigenvalue weighted by atomic mass is 16.6. The number of amides is 1. The zero-order valence-corrected chi connectivity index (χ0v) is 14.5. The lowest BCUT2D eigenvalue weighted by Gasteiger charge is -2.18. The van der Waals surface area contributed by atoms with Crippen LogP contribution >= 0.6 is 0 Å². The number of ketones is 1. The van der Waals surface area contributed by atoms with Gasteiger partial charge in [0.25, 0.3) is 0 Å². The summed E-state index contributed by atoms with van der Waals surface area (Å²) in [7, 11) is 0. The van der Waals surface area contributed by atoms with Gasteiger partial charge in [0.2, 0.25) is 5.91 Å². The highest BCUT2D eigenvalue weighted by Gasteiger charge is 2.51. The maximum Gasteiger partial charge on any atom is 0.338 e. The Morgan fingerprint density at radius 1 is 1.33 bits per heavy atom. The average Bonchev–Trinajstić information content (AvgIpc) is 3.40. The van der Waals surface area contributed by atoms with Gasteiger partial charge in [0.15, 0.2) is 18.0 Å². The summed E-state index contributed by atoms with van der Waals surface area (Å²) >= 11 is 0. The molecule has 1 heterocycles. The Bertz CT molecular complexity index is 723. The number of Topliss-reactive ketones (excluding diaryl/α,β-unsaturated/α-hetero) is 1. The van der Waals surface area contributed by atoms with Crippen LogP contribution in [0.4, 0.5) is 0 Å². The Morgan fingerprint density at radius 3 is 2.62 bits per heavy atom. The lowest BCUT2D eigenvalue weighted by atomic mass is 9.90. The first-order valence-electron chi connectivity index (χ1n) is 12.0. The summed E-state index contributed by atoms with van der Waals surface area (Å²) < 4.78 is 71.9. The summed E-state index contributed by atoms with van der Waals surface area (Å²) in [5.41, 5.74) is 0. The number of ether oxygens (including phenoxy) is 2. The van der Waals surface area contributed by atoms with Crippen LogP contribution < -0.4 is 5.32 Å². The number of esters is 1. The average molecular weight is 349 g/mol. The fraction of sp³-hybridized carbons (Fsp3) is 0.833. The molecule has 138 valence electrons. The van der Waals surface area contributed by atoms with Crippen molar-refractivity contribution in [2.24, 2.45) is 17.7 Å². The highest BCUT2D eigenvalue weighted by molar-refractivity contribution is 5.96. The van der Waals surface area contributed by atoms with Crippen molar-refractivity contribution >= 4 is 17.7 Å². The van der Waals surface area contributed by atoms with Gasteiger partial charge in [-0.15, -0.1) is 0 Å². The van der Waals surface area contributed by atoms with Crippen LogP contribution in [0, 0.1) is 17.7 Å². The molecule has 1 rings (SSSR count). The molecule has 0 aliphatic carbocycles. The number of carbonyl (C=O) groups is 3. The number of hydrogen-bond donors (Lipinski definition) is 1. The lowest BCUT2D eigenvalue weighted by molar-refractivity contribution is -0.144. The van der Waals surface area contributed by atoms with Gasteiger partial charge < -0.3 is 14.8 Å². The van der Waals surface area contributed by atoms with Crippen LogP contribution in [0.25, 0.3) is 0 Å². The van der Waals surface area contributed by atoms with Crippen molar-refractivity contribution in [3.05, 3.63) is 0 Å². The number of hydrogen-bond acceptors (Lipinski definition) is 5. The van der Waals surface area contributed by atoms with Gasteiger partial charge in [0.05, 0.1) is 6.61 Å². The monoisotopic (exact) mass is 349 g/mol. The van der Waals surface area contributed by atoms with Crippen LogP contribution in [0.3, 0.4) is 0 Å². The molecule has 1 N–H and O–H groups in total. The van der Waals surface area contributed by atoms with Gasteiger partial charge in [-0.05, 0) is 31.5 Å². The van der Waals surface area contributed by atoms with Crippen molar-refractivity contribution in [1.82, 2.24) is 5.32 Å². The fourth-order valence-corrected chi connectivity index (χ4v) is 2.26. The third-order valence-corrected chi connectivity index (χ3v) is 3.34. The Balaban J connectivity index is 2.99. The molecule has 6 nitrogen and oxygen atoms in total. The molecule has 1 saturated heterocycles. The second-order valence-electron chi connectivity index (χ2n) is 6.09. The smallest absolute Gasteiger partial charge is 0.338 e. The Kier molecular flexibility index (Phi) is 4.57. The van der Waals surface area contributed by atoms with Gasteiger partial charge in [0, 0.05) is 29.8 Å². The van der Waals surface area contributed by atoms with Gasteiger partial charge in [-0.25, -0.2) is 4.79 Å². The number of carbonyl (C=O) groups excluding carboxylic acids is 3. The van der Waals surface area contributed by atoms with Gasteiger partial charge in [-0.3, -0.25) is 9.59 Å². The quantitative estimate of drug-likeness (QED) is 0.456. The largest absolute Gasteiger partial charge is 0.464 e. The van der Waals surface area contributed by atoms with E-state index in [-0.39, 0.29) is 25.4 Å². The Morgan fingerprint density at radius 2 is 2.04 bits per heavy atom. The number of epoxide rings is 1. The lowest BCUT2D eigenvalue weighted by Crippen LogP contribution is -2.35. The first-order chi connectivity index (χ1) is 14.3. The molecule has 6 heteroatoms. The molecule has 0 aromatic heterocycles. The molecule has 1 aliphatic heterocycles. The molecular weight excluding hydrogens is 310 g/mol. The van der Waals surface area contributed by atoms with Crippen LogP contribution in [-0.4, -0.2) is 43.0 Å². The summed E-state index contributed by atoms with van der Waals surface area (Å²) in [6.45, 7) is -0.420. The summed E-state index contributed by atoms with van der Waals surface area (Å²) in [5, 5.41) is 1.86. The SMILES string of the molecule is [2H]C([2H])([2H])C([2H])(C)C([2H])([2H])C([2H])([2H])NC(=O)[C@@H](CC(=O)[C@H]1O[C@@H]1C(=O)OCC)CC(C)C. The normalized spacial score (nSPS) is 29.9. The van der Waals surface area contributed by atoms with E-state index in [1.54, 1.807) is 20.8 Å². The topological polar surface area (TPSA) is 85.0 Å². The first kappa shape index (κ1) is 11.2. The van der Waals surface area contributed by atoms with E-state index in [1.807, 2.05) is 5.32 Å². The van der Waals surface area contributed by atoms with Crippen molar-refractivity contribution in [2.45, 2.75) is 66.0 Å². The molecule has 1 aliphatic rings. The van der Waals surface area contributed by atoms with E-state index in [9.17, 15) is 14.4 Å². The van der Waals surface area contributed by atoms with Gasteiger partial charge in [0.1, 0.15) is 0 Å². The maximum atomic E-state index is 12.8. The van der Waals surface area contributed by atoms with Gasteiger partial charge in [-0.1, -0.05) is 27.6 Å². The van der Waals surface area contributed by atoms with Crippen molar-refractivity contribution in [2.75, 3.05) is 13.1 Å². The van der Waals surface area contributed by atoms with E-state index in [1.165, 1.54) is 0 Å². The zero-order valence-electron chi connectivity index (χ0n) is 22.5. The summed E-state index contributed by atoms with van der Waals surface area (Å²) in [5.74, 6) is -6.30. The minimum atomic E-state index is -3.30. The minimum Gasteiger partial charge on any atom is -0.464 e. The molecule has 0 saturated carbocycles. The summed E-state index contributed by atoms with van der Waals surface area (Å²) in [6.07, 6.45) is -5.66. The standard InChI is InChI=1S/C18H31NO5/c1-6-23-18(22)16-15(24-16)14(20)10-13(9-12(4)5)17(21)19-8-7-11(2)3/h11-13,15-16H,6-10H2,1-5H3,(H,19,21)/t13-,15-,16+/m1/s1/i2D3,7D2,8D2,11D/t11?,13-,15-,16+. The number of rotatable bonds is 11. The molecule has 1 amide bonds. The summed E-state index contributed by atoms with van der Waals surface area (Å²) in [4.78, 5) is 37.0. The van der Waals surface area contributed by atoms with Crippen LogP contribution in [0.15, 0.2) is 0 Å². The molecule has 0 aromatic carbocycles. The molecule has 0 radical (unpaired) electrons. The minimum absolute atomic E-state index is 0.0917. The Hall–Kier alpha value is -1.43. The molecule has 24 heavy (non-hydrogen) atoms. The fourth-order valence-electron chi connectivity index (χ4n) is 2.26. The predicted molar refractivity (Wildman–Crippen MR) is 90.3 cm³/mol. The van der Waals surface area contributed by atoms with Crippen LogP contribution in [-0.2, 0) is 23.9 Å². The molecule has 4 atom stereocenters. The van der Waals surface area contributed by atoms with Crippen LogP contribution in [0.5, 0.6) is 0 Å². The molecule has 1 unspecified atom stereocenters. The van der Waals surface area contributed by atoms with Crippen molar-refractivity contribution in [3.8, 4) is 0 Å². The van der Waals surface area contributed by atoms with Crippen molar-refractivity contribution < 1.29 is 34.8 Å². The third kappa shape index (κ3) is 6.99. The van der Waals surface area contributed by atoms with E-state index in [0.29, 0.717) is 0 Å². The zero-order chi connectivity index (χ0) is 25.3. The van der Waals surface area contributed by atoms with E-state index < -0.39 is 61.4 Å². The van der Waals surface area contributed by atoms with E-state index in [2.05, 4.69) is 0 Å². The van der Waals surface area contributed by atoms with Gasteiger partial charge >= 0.3 is 5.97 Å². The first-order valence-corrected chi connectivity index (χ1v) is 7.97. The molecular formula is C18H31NO5. The molecule has 0 aromatic rings. The van der Waals surface area contributed by atoms with Crippen molar-refractivity contribution in [3.63, 3.8) is 0 Å². The number of nitrogens with one attached hydrogen (secondary N) is 1. The highest BCUT2D eigenvalue weighted by Crippen LogP contribution is 2.28. The van der Waals surface area contributed by atoms with Crippen molar-refractivity contribution in [1.29, 1.82) is 0 Å². The second-order valence-corrected chi connectivity index (χ2v) is 6.09. The van der Waals surface area contributed by atoms with Crippen LogP contribution in [0.2, 0.25) is 0 Å². The molecule has 0 spiro atoms. The summed E-state index contributed by atoms with van der Waals surface area (Å²) in [6, 6.07) is 0. The second kappa shape index (κ2) is 9.77. The predicted octanol–water partition coefficient (Wildman–Crippen LogP) is 2.10. The van der Waals surface area contributed by atoms with Gasteiger partial charge in [-0.2, -0.15) is 0 Å². The molecule has 1 fully saturated rings. The van der Waals surface area contributed by atoms with E-state index in [0.717, 1.165) is 6.92 Å². The van der Waals surface area contributed by atoms with E-state index in [4.69, 9.17) is 20.4 Å². The third-order valence-electron chi connectivity index (χ3n) is 3.34. The molecule has 0 bridgehead atoms. The van der Waals surface area contributed by atoms with E-state index >= 15 is 0 Å².